The van der Waals surface area contributed by atoms with E-state index >= 15 is 0 Å². The monoisotopic (exact) mass is 318 g/mol. The molecule has 0 spiro atoms. The molecule has 0 radical (unpaired) electrons. The second-order valence-corrected chi connectivity index (χ2v) is 5.97. The molecule has 23 heavy (non-hydrogen) atoms. The van der Waals surface area contributed by atoms with Crippen molar-refractivity contribution >= 4 is 5.91 Å². The summed E-state index contributed by atoms with van der Waals surface area (Å²) in [6.45, 7) is 2.51. The summed E-state index contributed by atoms with van der Waals surface area (Å²) in [5.41, 5.74) is 0.158. The Hall–Kier alpha value is -2.28. The van der Waals surface area contributed by atoms with Gasteiger partial charge in [0.25, 0.3) is 5.91 Å². The van der Waals surface area contributed by atoms with Crippen molar-refractivity contribution in [2.24, 2.45) is 7.05 Å². The topological polar surface area (TPSA) is 71.2 Å². The molecule has 0 atom stereocenters. The SMILES string of the molecule is Cc1nn(C)cc1C(=O)N1CCC(O)(c2cccnc2F)CC1. The lowest BCUT2D eigenvalue weighted by Gasteiger charge is -2.38. The van der Waals surface area contributed by atoms with Gasteiger partial charge in [-0.25, -0.2) is 4.98 Å². The highest BCUT2D eigenvalue weighted by Gasteiger charge is 2.38. The zero-order chi connectivity index (χ0) is 16.6. The Bertz CT molecular complexity index is 735. The second kappa shape index (κ2) is 5.73. The number of hydrogen-bond donors (Lipinski definition) is 1. The summed E-state index contributed by atoms with van der Waals surface area (Å²) in [7, 11) is 1.77. The third-order valence-electron chi connectivity index (χ3n) is 4.38. The van der Waals surface area contributed by atoms with Crippen LogP contribution in [0, 0.1) is 12.9 Å². The fourth-order valence-corrected chi connectivity index (χ4v) is 3.06. The first-order valence-electron chi connectivity index (χ1n) is 7.53. The number of aliphatic hydroxyl groups is 1. The summed E-state index contributed by atoms with van der Waals surface area (Å²) in [6, 6.07) is 3.15. The van der Waals surface area contributed by atoms with Crippen molar-refractivity contribution in [3.63, 3.8) is 0 Å². The summed E-state index contributed by atoms with van der Waals surface area (Å²) in [5, 5.41) is 14.9. The lowest BCUT2D eigenvalue weighted by atomic mass is 9.85. The zero-order valence-electron chi connectivity index (χ0n) is 13.2. The number of likely N-dealkylation sites (tertiary alicyclic amines) is 1. The minimum Gasteiger partial charge on any atom is -0.385 e. The molecule has 1 saturated heterocycles. The van der Waals surface area contributed by atoms with Gasteiger partial charge in [-0.3, -0.25) is 9.48 Å². The molecular weight excluding hydrogens is 299 g/mol. The van der Waals surface area contributed by atoms with Gasteiger partial charge in [-0.1, -0.05) is 6.07 Å². The van der Waals surface area contributed by atoms with Crippen molar-refractivity contribution in [2.45, 2.75) is 25.4 Å². The Balaban J connectivity index is 1.75. The Morgan fingerprint density at radius 1 is 1.39 bits per heavy atom. The number of rotatable bonds is 2. The van der Waals surface area contributed by atoms with Gasteiger partial charge in [0, 0.05) is 38.1 Å². The van der Waals surface area contributed by atoms with Crippen molar-refractivity contribution in [3.05, 3.63) is 47.3 Å². The van der Waals surface area contributed by atoms with Crippen LogP contribution in [0.4, 0.5) is 4.39 Å². The maximum absolute atomic E-state index is 13.8. The fourth-order valence-electron chi connectivity index (χ4n) is 3.06. The van der Waals surface area contributed by atoms with Crippen molar-refractivity contribution < 1.29 is 14.3 Å². The number of carbonyl (C=O) groups excluding carboxylic acids is 1. The Kier molecular flexibility index (Phi) is 3.89. The van der Waals surface area contributed by atoms with Gasteiger partial charge < -0.3 is 10.0 Å². The number of carbonyl (C=O) groups is 1. The maximum atomic E-state index is 13.8. The number of piperidine rings is 1. The van der Waals surface area contributed by atoms with Crippen LogP contribution < -0.4 is 0 Å². The second-order valence-electron chi connectivity index (χ2n) is 5.97. The van der Waals surface area contributed by atoms with Crippen LogP contribution in [0.3, 0.4) is 0 Å². The largest absolute Gasteiger partial charge is 0.385 e. The molecule has 2 aromatic rings. The number of hydrogen-bond acceptors (Lipinski definition) is 4. The van der Waals surface area contributed by atoms with Gasteiger partial charge in [0.1, 0.15) is 0 Å². The van der Waals surface area contributed by atoms with Crippen LogP contribution >= 0.6 is 0 Å². The molecule has 0 bridgehead atoms. The van der Waals surface area contributed by atoms with Crippen LogP contribution in [0.1, 0.15) is 34.5 Å². The van der Waals surface area contributed by atoms with Gasteiger partial charge in [-0.2, -0.15) is 9.49 Å². The van der Waals surface area contributed by atoms with Gasteiger partial charge >= 0.3 is 0 Å². The molecule has 0 saturated carbocycles. The van der Waals surface area contributed by atoms with Crippen LogP contribution in [0.5, 0.6) is 0 Å². The minimum absolute atomic E-state index is 0.107. The molecule has 0 unspecified atom stereocenters. The van der Waals surface area contributed by atoms with Gasteiger partial charge in [-0.05, 0) is 25.8 Å². The summed E-state index contributed by atoms with van der Waals surface area (Å²) < 4.78 is 15.4. The lowest BCUT2D eigenvalue weighted by molar-refractivity contribution is -0.0241. The van der Waals surface area contributed by atoms with Crippen LogP contribution in [-0.2, 0) is 12.6 Å². The van der Waals surface area contributed by atoms with E-state index in [0.29, 0.717) is 24.3 Å². The standard InChI is InChI=1S/C16H19FN4O2/c1-11-12(10-20(2)19-11)15(22)21-8-5-16(23,6-9-21)13-4-3-7-18-14(13)17/h3-4,7,10,23H,5-6,8-9H2,1-2H3. The zero-order valence-corrected chi connectivity index (χ0v) is 13.2. The molecular formula is C16H19FN4O2. The molecule has 3 rings (SSSR count). The molecule has 0 aromatic carbocycles. The first-order valence-corrected chi connectivity index (χ1v) is 7.53. The third-order valence-corrected chi connectivity index (χ3v) is 4.38. The highest BCUT2D eigenvalue weighted by Crippen LogP contribution is 2.34. The predicted octanol–water partition coefficient (Wildman–Crippen LogP) is 1.39. The Morgan fingerprint density at radius 2 is 2.09 bits per heavy atom. The number of pyridine rings is 1. The summed E-state index contributed by atoms with van der Waals surface area (Å²) >= 11 is 0. The number of amides is 1. The predicted molar refractivity (Wildman–Crippen MR) is 81.2 cm³/mol. The van der Waals surface area contributed by atoms with E-state index in [1.807, 2.05) is 0 Å². The van der Waals surface area contributed by atoms with E-state index in [-0.39, 0.29) is 24.3 Å². The first kappa shape index (κ1) is 15.6. The van der Waals surface area contributed by atoms with Gasteiger partial charge in [0.15, 0.2) is 0 Å². The molecule has 2 aromatic heterocycles. The maximum Gasteiger partial charge on any atom is 0.257 e. The van der Waals surface area contributed by atoms with Crippen molar-refractivity contribution in [1.29, 1.82) is 0 Å². The van der Waals surface area contributed by atoms with Crippen LogP contribution in [0.25, 0.3) is 0 Å². The summed E-state index contributed by atoms with van der Waals surface area (Å²) in [4.78, 5) is 17.8. The molecule has 1 aliphatic rings. The average Bonchev–Trinajstić information content (AvgIpc) is 2.86. The normalized spacial score (nSPS) is 17.3. The Labute approximate surface area is 133 Å². The van der Waals surface area contributed by atoms with Crippen LogP contribution in [-0.4, -0.2) is 43.8 Å². The molecule has 1 amide bonds. The van der Waals surface area contributed by atoms with E-state index in [4.69, 9.17) is 0 Å². The smallest absolute Gasteiger partial charge is 0.257 e. The highest BCUT2D eigenvalue weighted by molar-refractivity contribution is 5.95. The summed E-state index contributed by atoms with van der Waals surface area (Å²) in [6.07, 6.45) is 3.60. The third kappa shape index (κ3) is 2.84. The summed E-state index contributed by atoms with van der Waals surface area (Å²) in [5.74, 6) is -0.762. The van der Waals surface area contributed by atoms with E-state index in [1.54, 1.807) is 41.9 Å². The number of aromatic nitrogens is 3. The van der Waals surface area contributed by atoms with Gasteiger partial charge in [-0.15, -0.1) is 0 Å². The lowest BCUT2D eigenvalue weighted by Crippen LogP contribution is -2.45. The first-order chi connectivity index (χ1) is 10.9. The molecule has 3 heterocycles. The number of aryl methyl sites for hydroxylation is 2. The van der Waals surface area contributed by atoms with E-state index in [2.05, 4.69) is 10.1 Å². The van der Waals surface area contributed by atoms with Crippen LogP contribution in [0.2, 0.25) is 0 Å². The molecule has 7 heteroatoms. The van der Waals surface area contributed by atoms with E-state index in [1.165, 1.54) is 6.20 Å². The minimum atomic E-state index is -1.28. The molecule has 6 nitrogen and oxygen atoms in total. The van der Waals surface area contributed by atoms with E-state index in [0.717, 1.165) is 0 Å². The van der Waals surface area contributed by atoms with E-state index < -0.39 is 11.5 Å². The number of halogens is 1. The number of nitrogens with zero attached hydrogens (tertiary/aromatic N) is 4. The molecule has 1 N–H and O–H groups in total. The molecule has 1 fully saturated rings. The average molecular weight is 318 g/mol. The van der Waals surface area contributed by atoms with Crippen LogP contribution in [0.15, 0.2) is 24.5 Å². The fraction of sp³-hybridized carbons (Fsp3) is 0.438. The quantitative estimate of drug-likeness (QED) is 0.849. The van der Waals surface area contributed by atoms with E-state index in [9.17, 15) is 14.3 Å². The van der Waals surface area contributed by atoms with Gasteiger partial charge in [0.05, 0.1) is 16.9 Å². The van der Waals surface area contributed by atoms with Crippen molar-refractivity contribution in [3.8, 4) is 0 Å². The van der Waals surface area contributed by atoms with Crippen molar-refractivity contribution in [1.82, 2.24) is 19.7 Å². The highest BCUT2D eigenvalue weighted by atomic mass is 19.1. The molecule has 122 valence electrons. The van der Waals surface area contributed by atoms with Crippen molar-refractivity contribution in [2.75, 3.05) is 13.1 Å². The van der Waals surface area contributed by atoms with Gasteiger partial charge in [0.2, 0.25) is 5.95 Å². The molecule has 1 aliphatic heterocycles. The Morgan fingerprint density at radius 3 is 2.65 bits per heavy atom. The molecule has 0 aliphatic carbocycles.